The minimum absolute atomic E-state index is 0.173. The zero-order valence-corrected chi connectivity index (χ0v) is 16.7. The zero-order chi connectivity index (χ0) is 17.8. The van der Waals surface area contributed by atoms with Crippen LogP contribution in [0.25, 0.3) is 0 Å². The molecule has 0 bridgehead atoms. The van der Waals surface area contributed by atoms with Gasteiger partial charge in [-0.05, 0) is 39.3 Å². The molecule has 0 aromatic carbocycles. The van der Waals surface area contributed by atoms with Gasteiger partial charge in [0.2, 0.25) is 0 Å². The van der Waals surface area contributed by atoms with Gasteiger partial charge in [-0.1, -0.05) is 39.5 Å². The lowest BCUT2D eigenvalue weighted by Gasteiger charge is -2.43. The molecule has 5 heteroatoms. The van der Waals surface area contributed by atoms with E-state index in [2.05, 4.69) is 48.5 Å². The molecule has 142 valence electrons. The Bertz CT molecular complexity index is 349. The minimum Gasteiger partial charge on any atom is -0.381 e. The van der Waals surface area contributed by atoms with Gasteiger partial charge in [0.1, 0.15) is 0 Å². The highest BCUT2D eigenvalue weighted by atomic mass is 16.5. The highest BCUT2D eigenvalue weighted by Crippen LogP contribution is 2.24. The smallest absolute Gasteiger partial charge is 0.191 e. The Morgan fingerprint density at radius 3 is 2.33 bits per heavy atom. The Kier molecular flexibility index (Phi) is 10.3. The average Bonchev–Trinajstić information content (AvgIpc) is 2.57. The molecule has 2 N–H and O–H groups in total. The minimum atomic E-state index is 0.173. The lowest BCUT2D eigenvalue weighted by Crippen LogP contribution is -2.57. The third-order valence-corrected chi connectivity index (χ3v) is 5.18. The van der Waals surface area contributed by atoms with Crippen LogP contribution in [0.2, 0.25) is 0 Å². The van der Waals surface area contributed by atoms with E-state index in [-0.39, 0.29) is 5.54 Å². The monoisotopic (exact) mass is 340 g/mol. The molecule has 0 aliphatic carbocycles. The molecule has 0 saturated carbocycles. The van der Waals surface area contributed by atoms with E-state index in [1.807, 2.05) is 7.05 Å². The van der Waals surface area contributed by atoms with Crippen LogP contribution in [0, 0.1) is 5.92 Å². The molecule has 5 nitrogen and oxygen atoms in total. The van der Waals surface area contributed by atoms with Gasteiger partial charge in [0.05, 0.1) is 0 Å². The molecular formula is C19H40N4O. The number of guanidine groups is 1. The molecule has 24 heavy (non-hydrogen) atoms. The van der Waals surface area contributed by atoms with Gasteiger partial charge in [0.15, 0.2) is 5.96 Å². The first-order chi connectivity index (χ1) is 11.5. The highest BCUT2D eigenvalue weighted by Gasteiger charge is 2.34. The van der Waals surface area contributed by atoms with Gasteiger partial charge in [-0.25, -0.2) is 0 Å². The van der Waals surface area contributed by atoms with Gasteiger partial charge in [-0.2, -0.15) is 0 Å². The number of likely N-dealkylation sites (N-methyl/N-ethyl adjacent to an activating group) is 1. The third-order valence-electron chi connectivity index (χ3n) is 5.18. The summed E-state index contributed by atoms with van der Waals surface area (Å²) in [5, 5.41) is 6.97. The number of hydrogen-bond donors (Lipinski definition) is 2. The predicted octanol–water partition coefficient (Wildman–Crippen LogP) is 2.87. The first-order valence-electron chi connectivity index (χ1n) is 9.70. The maximum atomic E-state index is 5.53. The normalized spacial score (nSPS) is 18.2. The lowest BCUT2D eigenvalue weighted by molar-refractivity contribution is -0.00501. The number of hydrogen-bond acceptors (Lipinski definition) is 3. The number of rotatable bonds is 10. The number of aliphatic imine (C=N–C) groups is 1. The predicted molar refractivity (Wildman–Crippen MR) is 104 cm³/mol. The van der Waals surface area contributed by atoms with Crippen LogP contribution in [0.4, 0.5) is 0 Å². The van der Waals surface area contributed by atoms with Crippen LogP contribution in [0.5, 0.6) is 0 Å². The molecule has 0 aromatic rings. The molecular weight excluding hydrogens is 300 g/mol. The largest absolute Gasteiger partial charge is 0.381 e. The first-order valence-corrected chi connectivity index (χ1v) is 9.70. The summed E-state index contributed by atoms with van der Waals surface area (Å²) in [4.78, 5) is 6.70. The molecule has 1 aliphatic rings. The molecule has 1 saturated heterocycles. The van der Waals surface area contributed by atoms with E-state index in [0.29, 0.717) is 0 Å². The highest BCUT2D eigenvalue weighted by molar-refractivity contribution is 5.79. The molecule has 1 heterocycles. The summed E-state index contributed by atoms with van der Waals surface area (Å²) in [5.41, 5.74) is 0.173. The zero-order valence-electron chi connectivity index (χ0n) is 16.7. The average molecular weight is 341 g/mol. The third kappa shape index (κ3) is 7.84. The van der Waals surface area contributed by atoms with Crippen molar-refractivity contribution in [3.63, 3.8) is 0 Å². The summed E-state index contributed by atoms with van der Waals surface area (Å²) in [5.74, 6) is 1.75. The van der Waals surface area contributed by atoms with Gasteiger partial charge in [-0.15, -0.1) is 0 Å². The standard InChI is InChI=1S/C19H40N4O/c1-17(2)10-8-6-7-9-13-21-18(20-3)22-16-19(23(4)5)11-14-24-15-12-19/h17H,6-16H2,1-5H3,(H2,20,21,22). The Balaban J connectivity index is 2.22. The Hall–Kier alpha value is -0.810. The maximum absolute atomic E-state index is 5.53. The molecule has 1 aliphatic heterocycles. The van der Waals surface area contributed by atoms with Crippen LogP contribution in [0.1, 0.15) is 58.8 Å². The van der Waals surface area contributed by atoms with Crippen molar-refractivity contribution in [3.05, 3.63) is 0 Å². The van der Waals surface area contributed by atoms with E-state index < -0.39 is 0 Å². The summed E-state index contributed by atoms with van der Waals surface area (Å²) in [6.45, 7) is 8.22. The van der Waals surface area contributed by atoms with Crippen molar-refractivity contribution in [1.29, 1.82) is 0 Å². The van der Waals surface area contributed by atoms with Crippen molar-refractivity contribution in [2.24, 2.45) is 10.9 Å². The van der Waals surface area contributed by atoms with Crippen LogP contribution in [0.3, 0.4) is 0 Å². The first kappa shape index (κ1) is 21.2. The van der Waals surface area contributed by atoms with E-state index in [4.69, 9.17) is 4.74 Å². The Morgan fingerprint density at radius 1 is 1.08 bits per heavy atom. The van der Waals surface area contributed by atoms with Crippen LogP contribution < -0.4 is 10.6 Å². The van der Waals surface area contributed by atoms with Gasteiger partial charge < -0.3 is 20.3 Å². The van der Waals surface area contributed by atoms with Crippen molar-refractivity contribution in [3.8, 4) is 0 Å². The second-order valence-corrected chi connectivity index (χ2v) is 7.68. The van der Waals surface area contributed by atoms with Gasteiger partial charge in [0, 0.05) is 38.9 Å². The fourth-order valence-electron chi connectivity index (χ4n) is 3.24. The summed E-state index contributed by atoms with van der Waals surface area (Å²) < 4.78 is 5.53. The van der Waals surface area contributed by atoms with Crippen LogP contribution >= 0.6 is 0 Å². The fourth-order valence-corrected chi connectivity index (χ4v) is 3.24. The summed E-state index contributed by atoms with van der Waals surface area (Å²) in [6.07, 6.45) is 8.71. The van der Waals surface area contributed by atoms with Gasteiger partial charge in [-0.3, -0.25) is 4.99 Å². The van der Waals surface area contributed by atoms with Crippen molar-refractivity contribution in [2.45, 2.75) is 64.3 Å². The van der Waals surface area contributed by atoms with E-state index in [1.165, 1.54) is 32.1 Å². The molecule has 1 fully saturated rings. The summed E-state index contributed by atoms with van der Waals surface area (Å²) in [7, 11) is 6.19. The van der Waals surface area contributed by atoms with E-state index >= 15 is 0 Å². The second-order valence-electron chi connectivity index (χ2n) is 7.68. The van der Waals surface area contributed by atoms with Crippen LogP contribution in [0.15, 0.2) is 4.99 Å². The van der Waals surface area contributed by atoms with Crippen LogP contribution in [-0.2, 0) is 4.74 Å². The lowest BCUT2D eigenvalue weighted by atomic mass is 9.88. The molecule has 0 spiro atoms. The maximum Gasteiger partial charge on any atom is 0.191 e. The molecule has 1 rings (SSSR count). The number of nitrogens with zero attached hydrogens (tertiary/aromatic N) is 2. The van der Waals surface area contributed by atoms with Crippen molar-refractivity contribution in [1.82, 2.24) is 15.5 Å². The van der Waals surface area contributed by atoms with Gasteiger partial charge in [0.25, 0.3) is 0 Å². The van der Waals surface area contributed by atoms with E-state index in [1.54, 1.807) is 0 Å². The molecule has 0 atom stereocenters. The number of nitrogens with one attached hydrogen (secondary N) is 2. The second kappa shape index (κ2) is 11.7. The van der Waals surface area contributed by atoms with E-state index in [9.17, 15) is 0 Å². The SMILES string of the molecule is CN=C(NCCCCCCC(C)C)NCC1(N(C)C)CCOCC1. The molecule has 0 aromatic heterocycles. The fraction of sp³-hybridized carbons (Fsp3) is 0.947. The van der Waals surface area contributed by atoms with E-state index in [0.717, 1.165) is 51.0 Å². The molecule has 0 amide bonds. The van der Waals surface area contributed by atoms with Gasteiger partial charge >= 0.3 is 0 Å². The van der Waals surface area contributed by atoms with Crippen molar-refractivity contribution >= 4 is 5.96 Å². The molecule has 0 unspecified atom stereocenters. The number of ether oxygens (including phenoxy) is 1. The van der Waals surface area contributed by atoms with Crippen LogP contribution in [-0.4, -0.2) is 63.8 Å². The molecule has 0 radical (unpaired) electrons. The van der Waals surface area contributed by atoms with Crippen molar-refractivity contribution < 1.29 is 4.74 Å². The Labute approximate surface area is 149 Å². The summed E-state index contributed by atoms with van der Waals surface area (Å²) >= 11 is 0. The topological polar surface area (TPSA) is 48.9 Å². The Morgan fingerprint density at radius 2 is 1.75 bits per heavy atom. The number of unbranched alkanes of at least 4 members (excludes halogenated alkanes) is 3. The quantitative estimate of drug-likeness (QED) is 0.365. The van der Waals surface area contributed by atoms with Crippen molar-refractivity contribution in [2.75, 3.05) is 47.4 Å². The summed E-state index contributed by atoms with van der Waals surface area (Å²) in [6, 6.07) is 0.